The Hall–Kier alpha value is -1.02. The second-order valence-electron chi connectivity index (χ2n) is 7.33. The minimum atomic E-state index is 0.0442. The first kappa shape index (κ1) is 12.7. The minimum absolute atomic E-state index is 0.0442. The Morgan fingerprint density at radius 3 is 3.00 bits per heavy atom. The molecule has 2 bridgehead atoms. The van der Waals surface area contributed by atoms with E-state index < -0.39 is 0 Å². The van der Waals surface area contributed by atoms with Crippen LogP contribution in [0, 0.1) is 23.7 Å². The second-order valence-corrected chi connectivity index (χ2v) is 7.33. The number of hydrogen-bond acceptors (Lipinski definition) is 2. The highest BCUT2D eigenvalue weighted by atomic mass is 16.5. The van der Waals surface area contributed by atoms with Crippen LogP contribution < -0.4 is 10.5 Å². The number of methoxy groups -OCH3 is 1. The lowest BCUT2D eigenvalue weighted by Gasteiger charge is -2.40. The van der Waals surface area contributed by atoms with Crippen LogP contribution in [0.25, 0.3) is 0 Å². The fraction of sp³-hybridized carbons (Fsp3) is 0.667. The molecule has 5 unspecified atom stereocenters. The molecule has 4 rings (SSSR count). The molecule has 0 aliphatic heterocycles. The lowest BCUT2D eigenvalue weighted by Crippen LogP contribution is -2.50. The van der Waals surface area contributed by atoms with Gasteiger partial charge in [-0.1, -0.05) is 18.6 Å². The molecule has 108 valence electrons. The van der Waals surface area contributed by atoms with Crippen molar-refractivity contribution in [3.8, 4) is 5.75 Å². The largest absolute Gasteiger partial charge is 0.497 e. The maximum absolute atomic E-state index is 6.88. The molecule has 0 saturated heterocycles. The van der Waals surface area contributed by atoms with E-state index in [0.29, 0.717) is 0 Å². The van der Waals surface area contributed by atoms with Crippen LogP contribution in [0.1, 0.15) is 37.7 Å². The van der Waals surface area contributed by atoms with Crippen LogP contribution in [0.4, 0.5) is 0 Å². The Morgan fingerprint density at radius 1 is 1.30 bits per heavy atom. The van der Waals surface area contributed by atoms with Gasteiger partial charge < -0.3 is 10.5 Å². The predicted molar refractivity (Wildman–Crippen MR) is 80.7 cm³/mol. The Morgan fingerprint density at radius 2 is 2.15 bits per heavy atom. The van der Waals surface area contributed by atoms with Crippen LogP contribution in [0.2, 0.25) is 0 Å². The number of benzene rings is 1. The summed E-state index contributed by atoms with van der Waals surface area (Å²) in [6.45, 7) is 0. The van der Waals surface area contributed by atoms with Gasteiger partial charge in [0, 0.05) is 5.54 Å². The Bertz CT molecular complexity index is 514. The second kappa shape index (κ2) is 4.49. The highest BCUT2D eigenvalue weighted by Crippen LogP contribution is 2.62. The molecule has 5 atom stereocenters. The first-order valence-electron chi connectivity index (χ1n) is 8.11. The first-order chi connectivity index (χ1) is 9.69. The summed E-state index contributed by atoms with van der Waals surface area (Å²) in [5.41, 5.74) is 8.27. The van der Waals surface area contributed by atoms with Gasteiger partial charge in [0.2, 0.25) is 0 Å². The molecule has 3 saturated carbocycles. The summed E-state index contributed by atoms with van der Waals surface area (Å²) in [4.78, 5) is 0. The van der Waals surface area contributed by atoms with Gasteiger partial charge in [-0.25, -0.2) is 0 Å². The summed E-state index contributed by atoms with van der Waals surface area (Å²) < 4.78 is 5.34. The molecule has 1 aromatic carbocycles. The third-order valence-corrected chi connectivity index (χ3v) is 6.35. The number of nitrogens with two attached hydrogens (primary N) is 1. The molecular weight excluding hydrogens is 246 g/mol. The van der Waals surface area contributed by atoms with Crippen LogP contribution >= 0.6 is 0 Å². The van der Waals surface area contributed by atoms with Gasteiger partial charge in [-0.15, -0.1) is 0 Å². The third-order valence-electron chi connectivity index (χ3n) is 6.35. The van der Waals surface area contributed by atoms with E-state index in [9.17, 15) is 0 Å². The van der Waals surface area contributed by atoms with Crippen molar-refractivity contribution >= 4 is 0 Å². The number of hydrogen-bond donors (Lipinski definition) is 1. The highest BCUT2D eigenvalue weighted by Gasteiger charge is 2.58. The molecule has 20 heavy (non-hydrogen) atoms. The molecular formula is C18H25NO. The quantitative estimate of drug-likeness (QED) is 0.914. The number of ether oxygens (including phenoxy) is 1. The zero-order valence-electron chi connectivity index (χ0n) is 12.3. The summed E-state index contributed by atoms with van der Waals surface area (Å²) in [6, 6.07) is 8.46. The van der Waals surface area contributed by atoms with E-state index in [2.05, 4.69) is 18.2 Å². The summed E-state index contributed by atoms with van der Waals surface area (Å²) in [6.07, 6.45) is 8.02. The normalized spacial score (nSPS) is 41.9. The molecule has 0 spiro atoms. The van der Waals surface area contributed by atoms with E-state index >= 15 is 0 Å². The summed E-state index contributed by atoms with van der Waals surface area (Å²) in [5.74, 6) is 4.59. The maximum Gasteiger partial charge on any atom is 0.119 e. The number of fused-ring (bicyclic) bond motifs is 5. The van der Waals surface area contributed by atoms with Crippen molar-refractivity contribution in [2.45, 2.75) is 44.1 Å². The van der Waals surface area contributed by atoms with Crippen LogP contribution in [0.15, 0.2) is 24.3 Å². The van der Waals surface area contributed by atoms with E-state index in [4.69, 9.17) is 10.5 Å². The summed E-state index contributed by atoms with van der Waals surface area (Å²) >= 11 is 0. The lowest BCUT2D eigenvalue weighted by molar-refractivity contribution is 0.156. The van der Waals surface area contributed by atoms with Crippen molar-refractivity contribution in [3.05, 3.63) is 29.8 Å². The smallest absolute Gasteiger partial charge is 0.119 e. The summed E-state index contributed by atoms with van der Waals surface area (Å²) in [5, 5.41) is 0. The minimum Gasteiger partial charge on any atom is -0.497 e. The topological polar surface area (TPSA) is 35.2 Å². The van der Waals surface area contributed by atoms with Crippen molar-refractivity contribution in [2.75, 3.05) is 7.11 Å². The van der Waals surface area contributed by atoms with Gasteiger partial charge in [0.1, 0.15) is 5.75 Å². The molecule has 2 nitrogen and oxygen atoms in total. The molecule has 3 aliphatic rings. The van der Waals surface area contributed by atoms with Crippen LogP contribution in [-0.2, 0) is 6.42 Å². The average Bonchev–Trinajstić information content (AvgIpc) is 3.09. The molecule has 0 aromatic heterocycles. The summed E-state index contributed by atoms with van der Waals surface area (Å²) in [7, 11) is 1.73. The van der Waals surface area contributed by atoms with Crippen LogP contribution in [0.5, 0.6) is 5.75 Å². The van der Waals surface area contributed by atoms with E-state index in [1.165, 1.54) is 37.7 Å². The van der Waals surface area contributed by atoms with Gasteiger partial charge in [0.15, 0.2) is 0 Å². The molecule has 1 aromatic rings. The Kier molecular flexibility index (Phi) is 2.85. The lowest BCUT2D eigenvalue weighted by atomic mass is 9.69. The van der Waals surface area contributed by atoms with E-state index in [-0.39, 0.29) is 5.54 Å². The van der Waals surface area contributed by atoms with Gasteiger partial charge in [-0.3, -0.25) is 0 Å². The maximum atomic E-state index is 6.88. The molecule has 0 heterocycles. The monoisotopic (exact) mass is 271 g/mol. The molecule has 3 fully saturated rings. The zero-order chi connectivity index (χ0) is 13.7. The van der Waals surface area contributed by atoms with Crippen molar-refractivity contribution in [1.29, 1.82) is 0 Å². The Balaban J connectivity index is 1.56. The van der Waals surface area contributed by atoms with Gasteiger partial charge in [-0.05, 0) is 73.5 Å². The van der Waals surface area contributed by atoms with Crippen molar-refractivity contribution < 1.29 is 4.74 Å². The molecule has 2 heteroatoms. The fourth-order valence-electron chi connectivity index (χ4n) is 5.68. The van der Waals surface area contributed by atoms with Gasteiger partial charge in [0.25, 0.3) is 0 Å². The molecule has 2 N–H and O–H groups in total. The predicted octanol–water partition coefficient (Wildman–Crippen LogP) is 3.39. The fourth-order valence-corrected chi connectivity index (χ4v) is 5.68. The van der Waals surface area contributed by atoms with Crippen molar-refractivity contribution in [2.24, 2.45) is 29.4 Å². The average molecular weight is 271 g/mol. The van der Waals surface area contributed by atoms with E-state index in [0.717, 1.165) is 35.8 Å². The highest BCUT2D eigenvalue weighted by molar-refractivity contribution is 5.31. The van der Waals surface area contributed by atoms with E-state index in [1.54, 1.807) is 7.11 Å². The standard InChI is InChI=1S/C18H25NO/c1-20-14-5-2-4-12(8-14)10-18(19)11-13-9-17(18)16-7-3-6-15(13)16/h2,4-5,8,13,15-17H,3,6-7,9-11,19H2,1H3. The van der Waals surface area contributed by atoms with E-state index in [1.807, 2.05) is 6.07 Å². The number of rotatable bonds is 3. The Labute approximate surface area is 121 Å². The van der Waals surface area contributed by atoms with Gasteiger partial charge in [0.05, 0.1) is 7.11 Å². The van der Waals surface area contributed by atoms with Gasteiger partial charge in [-0.2, -0.15) is 0 Å². The third kappa shape index (κ3) is 1.81. The van der Waals surface area contributed by atoms with Crippen LogP contribution in [0.3, 0.4) is 0 Å². The SMILES string of the molecule is COc1cccc(CC2(N)CC3CC2C2CCCC32)c1. The van der Waals surface area contributed by atoms with Crippen molar-refractivity contribution in [1.82, 2.24) is 0 Å². The van der Waals surface area contributed by atoms with Gasteiger partial charge >= 0.3 is 0 Å². The first-order valence-corrected chi connectivity index (χ1v) is 8.11. The van der Waals surface area contributed by atoms with Crippen molar-refractivity contribution in [3.63, 3.8) is 0 Å². The zero-order valence-corrected chi connectivity index (χ0v) is 12.3. The molecule has 0 amide bonds. The molecule has 3 aliphatic carbocycles. The van der Waals surface area contributed by atoms with Crippen LogP contribution in [-0.4, -0.2) is 12.6 Å². The molecule has 0 radical (unpaired) electrons.